The number of imide groups is 1. The number of benzene rings is 2. The van der Waals surface area contributed by atoms with Gasteiger partial charge in [0.05, 0.1) is 35.5 Å². The molecule has 8 heterocycles. The van der Waals surface area contributed by atoms with E-state index in [1.807, 2.05) is 18.2 Å². The summed E-state index contributed by atoms with van der Waals surface area (Å²) in [5.41, 5.74) is 12.2. The van der Waals surface area contributed by atoms with E-state index in [9.17, 15) is 14.7 Å². The number of carbonyl (C=O) groups is 2. The van der Waals surface area contributed by atoms with Crippen molar-refractivity contribution in [3.05, 3.63) is 78.4 Å². The molecule has 1 saturated carbocycles. The van der Waals surface area contributed by atoms with Crippen LogP contribution in [-0.4, -0.2) is 112 Å². The number of likely N-dealkylation sites (tertiary alicyclic amines) is 1. The third kappa shape index (κ3) is 8.05. The molecule has 0 radical (unpaired) electrons. The standard InChI is InChI=1S/C50H58F3N11O3/c1-31-26-63(47-39(31)22-37(25-55-47)62-19-13-45(66)56-48(62)67)33-10-14-49(15-11-33)16-20-59(21-17-49)27-32-12-18-60(30-50(32,52)53)42-23-34(8-9-40(42)51)64-35-6-7-36(64)29-61(28-35)43-24-41(57-58-46(43)54)38-4-2-3-5-44(38)65/h2-5,8-9,22-26,32-33,35-36,65H,6-7,10-21,27-30H2,1H3,(H2,54,58)(H,56,66,67)/t32-,35?,36?/m0/s1. The molecule has 6 aliphatic rings. The lowest BCUT2D eigenvalue weighted by Gasteiger charge is -2.48. The molecule has 3 aromatic heterocycles. The molecule has 4 N–H and O–H groups in total. The number of phenolic OH excluding ortho intramolecular Hbond substituents is 1. The van der Waals surface area contributed by atoms with Crippen LogP contribution >= 0.6 is 0 Å². The number of anilines is 5. The van der Waals surface area contributed by atoms with Crippen LogP contribution in [0.5, 0.6) is 5.75 Å². The Hall–Kier alpha value is -6.10. The highest BCUT2D eigenvalue weighted by atomic mass is 19.3. The van der Waals surface area contributed by atoms with Crippen molar-refractivity contribution >= 4 is 51.5 Å². The van der Waals surface area contributed by atoms with Crippen LogP contribution in [-0.2, 0) is 4.79 Å². The highest BCUT2D eigenvalue weighted by molar-refractivity contribution is 6.06. The number of carbonyl (C=O) groups excluding carboxylic acids is 2. The van der Waals surface area contributed by atoms with Crippen molar-refractivity contribution in [2.75, 3.05) is 77.7 Å². The summed E-state index contributed by atoms with van der Waals surface area (Å²) in [6.45, 7) is 5.52. The van der Waals surface area contributed by atoms with Crippen molar-refractivity contribution in [1.29, 1.82) is 0 Å². The van der Waals surface area contributed by atoms with Crippen LogP contribution in [0.3, 0.4) is 0 Å². The molecule has 352 valence electrons. The fourth-order valence-electron chi connectivity index (χ4n) is 12.3. The van der Waals surface area contributed by atoms with Gasteiger partial charge < -0.3 is 35.0 Å². The van der Waals surface area contributed by atoms with Gasteiger partial charge in [0.2, 0.25) is 5.91 Å². The minimum atomic E-state index is -2.97. The predicted octanol–water partition coefficient (Wildman–Crippen LogP) is 7.89. The van der Waals surface area contributed by atoms with Crippen molar-refractivity contribution in [2.45, 2.75) is 95.2 Å². The van der Waals surface area contributed by atoms with Gasteiger partial charge in [0, 0.05) is 86.0 Å². The Morgan fingerprint density at radius 1 is 0.836 bits per heavy atom. The molecular weight excluding hydrogens is 860 g/mol. The largest absolute Gasteiger partial charge is 0.507 e. The lowest BCUT2D eigenvalue weighted by Crippen LogP contribution is -2.54. The van der Waals surface area contributed by atoms with Crippen LogP contribution < -0.4 is 30.7 Å². The van der Waals surface area contributed by atoms with E-state index < -0.39 is 30.2 Å². The maximum atomic E-state index is 16.2. The number of piperidine rings is 2. The van der Waals surface area contributed by atoms with Crippen molar-refractivity contribution in [1.82, 2.24) is 30.0 Å². The SMILES string of the molecule is Cc1cn(C2CCC3(CC2)CCN(C[C@@H]2CCN(c4cc(N5C6CCC5CN(c5cc(-c7ccccc7O)nnc5N)C6)ccc4F)CC2(F)F)CC3)c2ncc(N3CCC(=O)NC3=O)cc12. The average Bonchev–Trinajstić information content (AvgIpc) is 3.79. The summed E-state index contributed by atoms with van der Waals surface area (Å²) in [7, 11) is 0. The molecule has 2 aromatic carbocycles. The molecule has 3 amide bonds. The smallest absolute Gasteiger partial charge is 0.328 e. The number of rotatable bonds is 8. The maximum Gasteiger partial charge on any atom is 0.328 e. The quantitative estimate of drug-likeness (QED) is 0.139. The first-order valence-corrected chi connectivity index (χ1v) is 24.0. The van der Waals surface area contributed by atoms with Crippen molar-refractivity contribution in [3.63, 3.8) is 0 Å². The number of nitrogens with zero attached hydrogens (tertiary/aromatic N) is 9. The van der Waals surface area contributed by atoms with Crippen LogP contribution in [0.15, 0.2) is 67.0 Å². The Morgan fingerprint density at radius 2 is 1.60 bits per heavy atom. The average molecular weight is 918 g/mol. The number of hydrogen-bond acceptors (Lipinski definition) is 11. The summed E-state index contributed by atoms with van der Waals surface area (Å²) < 4.78 is 50.4. The molecule has 5 aromatic rings. The van der Waals surface area contributed by atoms with E-state index in [2.05, 4.69) is 47.9 Å². The van der Waals surface area contributed by atoms with Crippen LogP contribution in [0.1, 0.15) is 75.8 Å². The molecule has 1 spiro atoms. The number of hydrogen-bond donors (Lipinski definition) is 3. The van der Waals surface area contributed by atoms with Gasteiger partial charge in [-0.2, -0.15) is 0 Å². The molecule has 17 heteroatoms. The molecule has 3 atom stereocenters. The Labute approximate surface area is 387 Å². The molecule has 2 unspecified atom stereocenters. The summed E-state index contributed by atoms with van der Waals surface area (Å²) in [6.07, 6.45) is 12.5. The molecule has 6 fully saturated rings. The van der Waals surface area contributed by atoms with Crippen LogP contribution in [0.2, 0.25) is 0 Å². The second-order valence-corrected chi connectivity index (χ2v) is 20.1. The number of para-hydroxylation sites is 1. The number of piperazine rings is 1. The number of alkyl halides is 2. The summed E-state index contributed by atoms with van der Waals surface area (Å²) in [5.74, 6) is -4.10. The van der Waals surface area contributed by atoms with Gasteiger partial charge in [0.25, 0.3) is 5.92 Å². The molecule has 67 heavy (non-hydrogen) atoms. The van der Waals surface area contributed by atoms with Gasteiger partial charge in [0.15, 0.2) is 5.82 Å². The van der Waals surface area contributed by atoms with E-state index in [1.54, 1.807) is 46.3 Å². The number of aromatic hydroxyl groups is 1. The summed E-state index contributed by atoms with van der Waals surface area (Å²) in [6, 6.07) is 15.9. The number of pyridine rings is 1. The third-order valence-electron chi connectivity index (χ3n) is 16.1. The number of fused-ring (bicyclic) bond motifs is 3. The van der Waals surface area contributed by atoms with Crippen LogP contribution in [0.4, 0.5) is 46.5 Å². The molecule has 11 rings (SSSR count). The molecular formula is C50H58F3N11O3. The number of urea groups is 1. The Kier molecular flexibility index (Phi) is 11.0. The lowest BCUT2D eigenvalue weighted by molar-refractivity contribution is -0.120. The topological polar surface area (TPSA) is 152 Å². The number of amides is 3. The van der Waals surface area contributed by atoms with Gasteiger partial charge in [-0.1, -0.05) is 12.1 Å². The first-order valence-electron chi connectivity index (χ1n) is 24.0. The normalized spacial score (nSPS) is 24.5. The molecule has 5 aliphatic heterocycles. The second-order valence-electron chi connectivity index (χ2n) is 20.1. The first-order chi connectivity index (χ1) is 32.3. The fraction of sp³-hybridized carbons (Fsp3) is 0.500. The van der Waals surface area contributed by atoms with E-state index in [0.29, 0.717) is 67.9 Å². The highest BCUT2D eigenvalue weighted by Crippen LogP contribution is 2.49. The van der Waals surface area contributed by atoms with Crippen molar-refractivity contribution in [2.24, 2.45) is 11.3 Å². The number of nitrogen functional groups attached to an aromatic ring is 1. The van der Waals surface area contributed by atoms with Gasteiger partial charge in [-0.3, -0.25) is 15.0 Å². The number of nitrogens with one attached hydrogen (secondary N) is 1. The van der Waals surface area contributed by atoms with Gasteiger partial charge in [-0.25, -0.2) is 22.9 Å². The maximum absolute atomic E-state index is 16.2. The monoisotopic (exact) mass is 917 g/mol. The molecule has 2 bridgehead atoms. The van der Waals surface area contributed by atoms with Gasteiger partial charge >= 0.3 is 6.03 Å². The van der Waals surface area contributed by atoms with Gasteiger partial charge in [-0.05, 0) is 131 Å². The number of phenols is 1. The number of aryl methyl sites for hydroxylation is 1. The van der Waals surface area contributed by atoms with E-state index >= 15 is 13.2 Å². The minimum absolute atomic E-state index is 0.104. The van der Waals surface area contributed by atoms with Crippen LogP contribution in [0.25, 0.3) is 22.3 Å². The summed E-state index contributed by atoms with van der Waals surface area (Å²) >= 11 is 0. The fourth-order valence-corrected chi connectivity index (χ4v) is 12.3. The van der Waals surface area contributed by atoms with Gasteiger partial charge in [-0.15, -0.1) is 10.2 Å². The third-order valence-corrected chi connectivity index (χ3v) is 16.1. The minimum Gasteiger partial charge on any atom is -0.507 e. The van der Waals surface area contributed by atoms with Crippen LogP contribution in [0, 0.1) is 24.1 Å². The van der Waals surface area contributed by atoms with Crippen molar-refractivity contribution in [3.8, 4) is 17.0 Å². The molecule has 1 aliphatic carbocycles. The van der Waals surface area contributed by atoms with Crippen molar-refractivity contribution < 1.29 is 27.9 Å². The molecule has 5 saturated heterocycles. The molecule has 14 nitrogen and oxygen atoms in total. The summed E-state index contributed by atoms with van der Waals surface area (Å²) in [4.78, 5) is 38.9. The zero-order valence-electron chi connectivity index (χ0n) is 37.9. The first kappa shape index (κ1) is 43.5. The van der Waals surface area contributed by atoms with E-state index in [0.717, 1.165) is 92.4 Å². The van der Waals surface area contributed by atoms with E-state index in [4.69, 9.17) is 10.7 Å². The predicted molar refractivity (Wildman–Crippen MR) is 252 cm³/mol. The number of aromatic nitrogens is 4. The summed E-state index contributed by atoms with van der Waals surface area (Å²) in [5, 5.41) is 22.3. The lowest BCUT2D eigenvalue weighted by atomic mass is 9.67. The van der Waals surface area contributed by atoms with Gasteiger partial charge in [0.1, 0.15) is 17.2 Å². The number of halogens is 3. The Morgan fingerprint density at radius 3 is 2.33 bits per heavy atom. The second kappa shape index (κ2) is 16.9. The number of nitrogens with two attached hydrogens (primary N) is 1. The van der Waals surface area contributed by atoms with E-state index in [1.165, 1.54) is 6.07 Å². The Bertz CT molecular complexity index is 2700. The highest BCUT2D eigenvalue weighted by Gasteiger charge is 2.48. The zero-order valence-corrected chi connectivity index (χ0v) is 37.9. The van der Waals surface area contributed by atoms with E-state index in [-0.39, 0.29) is 41.3 Å². The zero-order chi connectivity index (χ0) is 46.2. The Balaban J connectivity index is 0.692.